The molecule has 0 fully saturated rings. The first-order valence-electron chi connectivity index (χ1n) is 14.8. The van der Waals surface area contributed by atoms with Crippen molar-refractivity contribution < 1.29 is 18.7 Å². The van der Waals surface area contributed by atoms with Crippen molar-refractivity contribution in [1.82, 2.24) is 24.8 Å². The lowest BCUT2D eigenvalue weighted by Crippen LogP contribution is -2.39. The number of hydrogen-bond acceptors (Lipinski definition) is 6. The lowest BCUT2D eigenvalue weighted by atomic mass is 9.96. The van der Waals surface area contributed by atoms with Gasteiger partial charge in [0.1, 0.15) is 12.4 Å². The van der Waals surface area contributed by atoms with Crippen LogP contribution in [0.5, 0.6) is 0 Å². The average Bonchev–Trinajstić information content (AvgIpc) is 3.07. The van der Waals surface area contributed by atoms with Crippen molar-refractivity contribution in [2.45, 2.75) is 45.8 Å². The van der Waals surface area contributed by atoms with E-state index in [1.165, 1.54) is 18.5 Å². The summed E-state index contributed by atoms with van der Waals surface area (Å²) >= 11 is 0. The fourth-order valence-electron chi connectivity index (χ4n) is 5.55. The van der Waals surface area contributed by atoms with Gasteiger partial charge in [-0.2, -0.15) is 0 Å². The molecule has 8 nitrogen and oxygen atoms in total. The van der Waals surface area contributed by atoms with Crippen LogP contribution < -0.4 is 5.32 Å². The molecule has 3 heterocycles. The fourth-order valence-corrected chi connectivity index (χ4v) is 5.55. The number of benzene rings is 3. The van der Waals surface area contributed by atoms with E-state index in [4.69, 9.17) is 9.97 Å². The molecule has 0 spiro atoms. The molecule has 45 heavy (non-hydrogen) atoms. The Morgan fingerprint density at radius 3 is 2.44 bits per heavy atom. The quantitative estimate of drug-likeness (QED) is 0.206. The number of aromatic nitrogens is 4. The van der Waals surface area contributed by atoms with Gasteiger partial charge in [-0.1, -0.05) is 61.5 Å². The van der Waals surface area contributed by atoms with Gasteiger partial charge in [0.15, 0.2) is 5.82 Å². The van der Waals surface area contributed by atoms with Crippen molar-refractivity contribution in [3.8, 4) is 33.8 Å². The summed E-state index contributed by atoms with van der Waals surface area (Å²) in [6.07, 6.45) is 1.46. The zero-order chi connectivity index (χ0) is 31.5. The van der Waals surface area contributed by atoms with Gasteiger partial charge < -0.3 is 15.3 Å². The molecule has 0 saturated carbocycles. The normalized spacial score (nSPS) is 13.4. The minimum Gasteiger partial charge on any atom is -0.382 e. The van der Waals surface area contributed by atoms with Crippen LogP contribution >= 0.6 is 0 Å². The van der Waals surface area contributed by atoms with Gasteiger partial charge in [0.25, 0.3) is 6.43 Å². The van der Waals surface area contributed by atoms with Crippen molar-refractivity contribution in [1.29, 1.82) is 0 Å². The summed E-state index contributed by atoms with van der Waals surface area (Å²) in [6.45, 7) is 4.87. The minimum atomic E-state index is -2.86. The smallest absolute Gasteiger partial charge is 0.322 e. The van der Waals surface area contributed by atoms with Crippen LogP contribution in [0.1, 0.15) is 41.0 Å². The lowest BCUT2D eigenvalue weighted by molar-refractivity contribution is -0.00577. The van der Waals surface area contributed by atoms with E-state index >= 15 is 0 Å². The van der Waals surface area contributed by atoms with Gasteiger partial charge in [-0.25, -0.2) is 33.5 Å². The Kier molecular flexibility index (Phi) is 8.57. The third-order valence-corrected chi connectivity index (χ3v) is 8.04. The predicted octanol–water partition coefficient (Wildman–Crippen LogP) is 7.03. The number of aryl methyl sites for hydroxylation is 2. The molecular weight excluding hydrogens is 574 g/mol. The monoisotopic (exact) mass is 606 g/mol. The van der Waals surface area contributed by atoms with Crippen LogP contribution in [-0.2, 0) is 19.4 Å². The van der Waals surface area contributed by atoms with Gasteiger partial charge in [0.05, 0.1) is 23.5 Å². The molecule has 1 atom stereocenters. The van der Waals surface area contributed by atoms with Crippen molar-refractivity contribution in [3.63, 3.8) is 0 Å². The first kappa shape index (κ1) is 30.0. The summed E-state index contributed by atoms with van der Waals surface area (Å²) in [5, 5.41) is 12.8. The number of amides is 2. The number of aliphatic hydroxyl groups excluding tert-OH is 1. The Hall–Kier alpha value is -5.09. The van der Waals surface area contributed by atoms with Crippen LogP contribution in [-0.4, -0.2) is 48.9 Å². The van der Waals surface area contributed by atoms with Gasteiger partial charge in [-0.15, -0.1) is 0 Å². The van der Waals surface area contributed by atoms with Crippen LogP contribution in [0.15, 0.2) is 85.5 Å². The third kappa shape index (κ3) is 6.41. The lowest BCUT2D eigenvalue weighted by Gasteiger charge is -2.30. The van der Waals surface area contributed by atoms with E-state index in [0.717, 1.165) is 56.8 Å². The largest absolute Gasteiger partial charge is 0.382 e. The summed E-state index contributed by atoms with van der Waals surface area (Å²) in [4.78, 5) is 33.5. The number of aliphatic hydroxyl groups is 1. The number of nitrogens with zero attached hydrogens (tertiary/aromatic N) is 5. The zero-order valence-corrected chi connectivity index (χ0v) is 24.9. The van der Waals surface area contributed by atoms with Gasteiger partial charge >= 0.3 is 6.03 Å². The first-order chi connectivity index (χ1) is 21.8. The molecule has 2 amide bonds. The Morgan fingerprint density at radius 1 is 0.978 bits per heavy atom. The molecule has 228 valence electrons. The first-order valence-corrected chi connectivity index (χ1v) is 14.8. The van der Waals surface area contributed by atoms with Gasteiger partial charge in [0, 0.05) is 42.2 Å². The SMILES string of the molecule is CCc1cc(NC(=O)N2CCc3nc(-c4cncnc4)nc(-c4ccccc4C)c3C2)cc(-c2ccc(C(O)C(F)F)cc2)c1. The second kappa shape index (κ2) is 12.9. The molecule has 0 radical (unpaired) electrons. The van der Waals surface area contributed by atoms with Crippen LogP contribution in [0.4, 0.5) is 19.3 Å². The molecule has 1 aliphatic rings. The van der Waals surface area contributed by atoms with Crippen molar-refractivity contribution in [3.05, 3.63) is 113 Å². The number of rotatable bonds is 7. The molecule has 2 aromatic heterocycles. The summed E-state index contributed by atoms with van der Waals surface area (Å²) in [6, 6.07) is 20.0. The number of anilines is 1. The number of nitrogens with one attached hydrogen (secondary N) is 1. The average molecular weight is 607 g/mol. The third-order valence-electron chi connectivity index (χ3n) is 8.04. The Bertz CT molecular complexity index is 1830. The highest BCUT2D eigenvalue weighted by Crippen LogP contribution is 2.33. The van der Waals surface area contributed by atoms with Crippen LogP contribution in [0.3, 0.4) is 0 Å². The molecule has 1 unspecified atom stereocenters. The maximum Gasteiger partial charge on any atom is 0.322 e. The van der Waals surface area contributed by atoms with Gasteiger partial charge in [0.2, 0.25) is 0 Å². The van der Waals surface area contributed by atoms with Gasteiger partial charge in [-0.05, 0) is 53.3 Å². The van der Waals surface area contributed by atoms with Crippen LogP contribution in [0, 0.1) is 6.92 Å². The predicted molar refractivity (Wildman–Crippen MR) is 169 cm³/mol. The summed E-state index contributed by atoms with van der Waals surface area (Å²) < 4.78 is 25.9. The highest BCUT2D eigenvalue weighted by molar-refractivity contribution is 5.91. The summed E-state index contributed by atoms with van der Waals surface area (Å²) in [7, 11) is 0. The molecule has 10 heteroatoms. The number of halogens is 2. The number of urea groups is 1. The number of hydrogen-bond donors (Lipinski definition) is 2. The standard InChI is InChI=1S/C35H32F2N6O2/c1-3-22-14-25(23-8-10-24(11-9-23)32(44)33(36)37)16-27(15-22)40-35(45)43-13-12-30-29(19-43)31(28-7-5-4-6-21(28)2)42-34(41-30)26-17-38-20-39-18-26/h4-11,14-18,20,32-33,44H,3,12-13,19H2,1-2H3,(H,40,45). The van der Waals surface area contributed by atoms with Gasteiger partial charge in [-0.3, -0.25) is 0 Å². The summed E-state index contributed by atoms with van der Waals surface area (Å²) in [5.41, 5.74) is 8.76. The Morgan fingerprint density at radius 2 is 1.73 bits per heavy atom. The minimum absolute atomic E-state index is 0.151. The van der Waals surface area contributed by atoms with E-state index in [9.17, 15) is 18.7 Å². The van der Waals surface area contributed by atoms with E-state index in [1.54, 1.807) is 29.4 Å². The van der Waals surface area contributed by atoms with E-state index in [-0.39, 0.29) is 11.6 Å². The van der Waals surface area contributed by atoms with E-state index in [1.807, 2.05) is 56.3 Å². The number of alkyl halides is 2. The molecule has 1 aliphatic heterocycles. The van der Waals surface area contributed by atoms with Crippen LogP contribution in [0.2, 0.25) is 0 Å². The molecule has 0 saturated heterocycles. The molecule has 0 aliphatic carbocycles. The van der Waals surface area contributed by atoms with E-state index in [0.29, 0.717) is 31.0 Å². The molecule has 2 N–H and O–H groups in total. The Labute approximate surface area is 259 Å². The highest BCUT2D eigenvalue weighted by Gasteiger charge is 2.27. The maximum atomic E-state index is 13.7. The van der Waals surface area contributed by atoms with E-state index < -0.39 is 12.5 Å². The fraction of sp³-hybridized carbons (Fsp3) is 0.229. The second-order valence-corrected chi connectivity index (χ2v) is 11.0. The molecular formula is C35H32F2N6O2. The molecule has 5 aromatic rings. The highest BCUT2D eigenvalue weighted by atomic mass is 19.3. The topological polar surface area (TPSA) is 104 Å². The number of carbonyl (C=O) groups is 1. The number of carbonyl (C=O) groups excluding carboxylic acids is 1. The maximum absolute atomic E-state index is 13.7. The Balaban J connectivity index is 1.28. The van der Waals surface area contributed by atoms with E-state index in [2.05, 4.69) is 15.3 Å². The van der Waals surface area contributed by atoms with Crippen molar-refractivity contribution >= 4 is 11.7 Å². The molecule has 3 aromatic carbocycles. The molecule has 0 bridgehead atoms. The molecule has 6 rings (SSSR count). The van der Waals surface area contributed by atoms with Crippen molar-refractivity contribution in [2.24, 2.45) is 0 Å². The number of fused-ring (bicyclic) bond motifs is 1. The summed E-state index contributed by atoms with van der Waals surface area (Å²) in [5.74, 6) is 0.547. The zero-order valence-electron chi connectivity index (χ0n) is 24.9. The second-order valence-electron chi connectivity index (χ2n) is 11.0. The van der Waals surface area contributed by atoms with Crippen LogP contribution in [0.25, 0.3) is 33.8 Å². The van der Waals surface area contributed by atoms with Crippen molar-refractivity contribution in [2.75, 3.05) is 11.9 Å².